The average molecular weight is 385 g/mol. The van der Waals surface area contributed by atoms with Gasteiger partial charge in [-0.2, -0.15) is 0 Å². The first-order valence-electron chi connectivity index (χ1n) is 9.66. The molecule has 0 aliphatic carbocycles. The Labute approximate surface area is 169 Å². The first kappa shape index (κ1) is 18.9. The first-order valence-corrected chi connectivity index (χ1v) is 9.66. The van der Waals surface area contributed by atoms with Gasteiger partial charge in [-0.1, -0.05) is 72.8 Å². The Bertz CT molecular complexity index is 1000. The fourth-order valence-electron chi connectivity index (χ4n) is 3.33. The van der Waals surface area contributed by atoms with Gasteiger partial charge in [-0.3, -0.25) is 4.79 Å². The number of nitrogens with one attached hydrogen (secondary N) is 2. The van der Waals surface area contributed by atoms with E-state index >= 15 is 0 Å². The molecule has 2 N–H and O–H groups in total. The summed E-state index contributed by atoms with van der Waals surface area (Å²) in [4.78, 5) is 20.3. The van der Waals surface area contributed by atoms with E-state index in [1.54, 1.807) is 0 Å². The van der Waals surface area contributed by atoms with E-state index in [9.17, 15) is 4.79 Å². The number of aromatic nitrogens is 2. The maximum atomic E-state index is 12.5. The monoisotopic (exact) mass is 385 g/mol. The van der Waals surface area contributed by atoms with Crippen LogP contribution in [0.25, 0.3) is 11.0 Å². The van der Waals surface area contributed by atoms with E-state index in [2.05, 4.69) is 15.3 Å². The van der Waals surface area contributed by atoms with Gasteiger partial charge in [0.15, 0.2) is 0 Å². The van der Waals surface area contributed by atoms with Gasteiger partial charge in [0.2, 0.25) is 5.91 Å². The Morgan fingerprint density at radius 3 is 2.14 bits per heavy atom. The molecule has 0 spiro atoms. The number of imidazole rings is 1. The van der Waals surface area contributed by atoms with E-state index in [0.717, 1.165) is 28.0 Å². The van der Waals surface area contributed by atoms with Crippen LogP contribution in [0.1, 0.15) is 36.0 Å². The van der Waals surface area contributed by atoms with Gasteiger partial charge in [0.05, 0.1) is 17.1 Å². The maximum Gasteiger partial charge on any atom is 0.246 e. The van der Waals surface area contributed by atoms with Crippen molar-refractivity contribution < 1.29 is 9.53 Å². The van der Waals surface area contributed by atoms with Crippen LogP contribution in [0.5, 0.6) is 0 Å². The van der Waals surface area contributed by atoms with E-state index < -0.39 is 0 Å². The van der Waals surface area contributed by atoms with Gasteiger partial charge >= 0.3 is 0 Å². The van der Waals surface area contributed by atoms with Crippen LogP contribution in [-0.2, 0) is 9.53 Å². The Kier molecular flexibility index (Phi) is 5.68. The number of amides is 1. The number of hydrogen-bond acceptors (Lipinski definition) is 3. The summed E-state index contributed by atoms with van der Waals surface area (Å²) in [5.41, 5.74) is 3.86. The van der Waals surface area contributed by atoms with Crippen LogP contribution in [0, 0.1) is 0 Å². The number of rotatable bonds is 7. The van der Waals surface area contributed by atoms with Gasteiger partial charge in [0, 0.05) is 0 Å². The van der Waals surface area contributed by atoms with Crippen molar-refractivity contribution >= 4 is 16.9 Å². The van der Waals surface area contributed by atoms with E-state index in [-0.39, 0.29) is 24.7 Å². The number of aromatic amines is 1. The Morgan fingerprint density at radius 1 is 0.931 bits per heavy atom. The highest BCUT2D eigenvalue weighted by Crippen LogP contribution is 2.25. The maximum absolute atomic E-state index is 12.5. The number of nitrogens with zero attached hydrogens (tertiary/aromatic N) is 1. The predicted molar refractivity (Wildman–Crippen MR) is 113 cm³/mol. The minimum atomic E-state index is -0.301. The lowest BCUT2D eigenvalue weighted by molar-refractivity contribution is -0.127. The topological polar surface area (TPSA) is 67.0 Å². The molecule has 0 saturated heterocycles. The van der Waals surface area contributed by atoms with Crippen LogP contribution < -0.4 is 5.32 Å². The molecule has 4 aromatic rings. The lowest BCUT2D eigenvalue weighted by Gasteiger charge is -2.19. The summed E-state index contributed by atoms with van der Waals surface area (Å²) in [6, 6.07) is 27.4. The van der Waals surface area contributed by atoms with Gasteiger partial charge in [-0.15, -0.1) is 0 Å². The molecule has 3 aromatic carbocycles. The number of H-pyrrole nitrogens is 1. The second-order valence-electron chi connectivity index (χ2n) is 6.94. The number of hydrogen-bond donors (Lipinski definition) is 2. The largest absolute Gasteiger partial charge is 0.359 e. The molecule has 0 fully saturated rings. The van der Waals surface area contributed by atoms with Crippen LogP contribution >= 0.6 is 0 Å². The average Bonchev–Trinajstić information content (AvgIpc) is 3.20. The number of para-hydroxylation sites is 2. The van der Waals surface area contributed by atoms with Crippen molar-refractivity contribution in [2.45, 2.75) is 19.1 Å². The quantitative estimate of drug-likeness (QED) is 0.491. The zero-order valence-corrected chi connectivity index (χ0v) is 16.2. The first-order chi connectivity index (χ1) is 14.2. The van der Waals surface area contributed by atoms with Crippen molar-refractivity contribution in [1.82, 2.24) is 15.3 Å². The number of benzene rings is 3. The number of carbonyl (C=O) groups excluding carboxylic acids is 1. The molecule has 5 nitrogen and oxygen atoms in total. The second-order valence-corrected chi connectivity index (χ2v) is 6.94. The molecule has 1 heterocycles. The van der Waals surface area contributed by atoms with Gasteiger partial charge in [0.1, 0.15) is 18.5 Å². The zero-order chi connectivity index (χ0) is 20.1. The molecule has 4 rings (SSSR count). The van der Waals surface area contributed by atoms with Crippen LogP contribution in [0.15, 0.2) is 84.9 Å². The van der Waals surface area contributed by atoms with E-state index in [1.165, 1.54) is 0 Å². The molecule has 5 heteroatoms. The molecular formula is C24H23N3O2. The van der Waals surface area contributed by atoms with E-state index in [1.807, 2.05) is 91.9 Å². The number of carbonyl (C=O) groups is 1. The SMILES string of the molecule is CC(NC(=O)COC(c1ccccc1)c1ccccc1)c1nc2ccccc2[nH]1. The fraction of sp³-hybridized carbons (Fsp3) is 0.167. The lowest BCUT2D eigenvalue weighted by Crippen LogP contribution is -2.31. The van der Waals surface area contributed by atoms with Gasteiger partial charge in [-0.05, 0) is 30.2 Å². The van der Waals surface area contributed by atoms with E-state index in [4.69, 9.17) is 4.74 Å². The van der Waals surface area contributed by atoms with Crippen molar-refractivity contribution in [1.29, 1.82) is 0 Å². The summed E-state index contributed by atoms with van der Waals surface area (Å²) < 4.78 is 6.03. The number of fused-ring (bicyclic) bond motifs is 1. The van der Waals surface area contributed by atoms with Crippen molar-refractivity contribution in [3.05, 3.63) is 102 Å². The van der Waals surface area contributed by atoms with Crippen molar-refractivity contribution in [2.24, 2.45) is 0 Å². The molecule has 1 atom stereocenters. The van der Waals surface area contributed by atoms with Gasteiger partial charge in [-0.25, -0.2) is 4.98 Å². The third kappa shape index (κ3) is 4.52. The second kappa shape index (κ2) is 8.71. The zero-order valence-electron chi connectivity index (χ0n) is 16.2. The Balaban J connectivity index is 1.42. The van der Waals surface area contributed by atoms with Crippen molar-refractivity contribution in [2.75, 3.05) is 6.61 Å². The fourth-order valence-corrected chi connectivity index (χ4v) is 3.33. The summed E-state index contributed by atoms with van der Waals surface area (Å²) in [6.07, 6.45) is -0.301. The molecule has 29 heavy (non-hydrogen) atoms. The standard InChI is InChI=1S/C24H23N3O2/c1-17(24-26-20-14-8-9-15-21(20)27-24)25-22(28)16-29-23(18-10-4-2-5-11-18)19-12-6-3-7-13-19/h2-15,17,23H,16H2,1H3,(H,25,28)(H,26,27). The van der Waals surface area contributed by atoms with Crippen LogP contribution in [0.3, 0.4) is 0 Å². The smallest absolute Gasteiger partial charge is 0.246 e. The highest BCUT2D eigenvalue weighted by Gasteiger charge is 2.18. The van der Waals surface area contributed by atoms with Crippen LogP contribution in [0.2, 0.25) is 0 Å². The molecule has 0 bridgehead atoms. The normalized spacial score (nSPS) is 12.2. The Hall–Kier alpha value is -3.44. The third-order valence-electron chi connectivity index (χ3n) is 4.78. The lowest BCUT2D eigenvalue weighted by atomic mass is 10.0. The molecule has 146 valence electrons. The summed E-state index contributed by atoms with van der Waals surface area (Å²) in [6.45, 7) is 1.86. The summed E-state index contributed by atoms with van der Waals surface area (Å²) in [5.74, 6) is 0.539. The number of ether oxygens (including phenoxy) is 1. The summed E-state index contributed by atoms with van der Waals surface area (Å²) in [5, 5.41) is 2.96. The third-order valence-corrected chi connectivity index (χ3v) is 4.78. The van der Waals surface area contributed by atoms with Crippen LogP contribution in [0.4, 0.5) is 0 Å². The van der Waals surface area contributed by atoms with Gasteiger partial charge < -0.3 is 15.0 Å². The molecule has 0 aliphatic rings. The molecule has 0 saturated carbocycles. The highest BCUT2D eigenvalue weighted by atomic mass is 16.5. The van der Waals surface area contributed by atoms with Crippen molar-refractivity contribution in [3.63, 3.8) is 0 Å². The van der Waals surface area contributed by atoms with E-state index in [0.29, 0.717) is 0 Å². The molecule has 1 amide bonds. The molecule has 1 aromatic heterocycles. The summed E-state index contributed by atoms with van der Waals surface area (Å²) in [7, 11) is 0. The molecule has 0 radical (unpaired) electrons. The van der Waals surface area contributed by atoms with Crippen LogP contribution in [-0.4, -0.2) is 22.5 Å². The molecular weight excluding hydrogens is 362 g/mol. The van der Waals surface area contributed by atoms with Crippen molar-refractivity contribution in [3.8, 4) is 0 Å². The summed E-state index contributed by atoms with van der Waals surface area (Å²) >= 11 is 0. The highest BCUT2D eigenvalue weighted by molar-refractivity contribution is 5.78. The minimum Gasteiger partial charge on any atom is -0.359 e. The minimum absolute atomic E-state index is 0.0426. The predicted octanol–water partition coefficient (Wildman–Crippen LogP) is 4.55. The Morgan fingerprint density at radius 2 is 1.52 bits per heavy atom. The molecule has 1 unspecified atom stereocenters. The molecule has 0 aliphatic heterocycles. The van der Waals surface area contributed by atoms with Gasteiger partial charge in [0.25, 0.3) is 0 Å².